The normalized spacial score (nSPS) is 11.2. The molecule has 0 aromatic heterocycles. The maximum absolute atomic E-state index is 13.2. The standard InChI is InChI=1S/C23H22N4O7S/c1-2-34-22-14-17(8-13-21(22)28)15-24-25-23(29)16-26(18-9-11-19(12-10-18)27(30)31)35(32,33)20-6-4-3-5-7-20/h3-15,28H,2,16H2,1H3,(H,25,29)/b24-15-. The summed E-state index contributed by atoms with van der Waals surface area (Å²) in [7, 11) is -4.17. The Hall–Kier alpha value is -4.45. The topological polar surface area (TPSA) is 151 Å². The number of nitro groups is 1. The number of anilines is 1. The molecule has 0 unspecified atom stereocenters. The maximum Gasteiger partial charge on any atom is 0.269 e. The Labute approximate surface area is 201 Å². The van der Waals surface area contributed by atoms with Crippen molar-refractivity contribution in [3.63, 3.8) is 0 Å². The van der Waals surface area contributed by atoms with Gasteiger partial charge in [-0.25, -0.2) is 13.8 Å². The van der Waals surface area contributed by atoms with E-state index in [2.05, 4.69) is 10.5 Å². The van der Waals surface area contributed by atoms with Gasteiger partial charge < -0.3 is 9.84 Å². The molecule has 0 radical (unpaired) electrons. The van der Waals surface area contributed by atoms with Crippen molar-refractivity contribution in [3.8, 4) is 11.5 Å². The van der Waals surface area contributed by atoms with Crippen LogP contribution in [0.2, 0.25) is 0 Å². The van der Waals surface area contributed by atoms with Gasteiger partial charge in [-0.15, -0.1) is 0 Å². The first kappa shape index (κ1) is 25.2. The van der Waals surface area contributed by atoms with Gasteiger partial charge in [0.25, 0.3) is 21.6 Å². The quantitative estimate of drug-likeness (QED) is 0.248. The Bertz CT molecular complexity index is 1330. The smallest absolute Gasteiger partial charge is 0.269 e. The Balaban J connectivity index is 1.82. The first-order valence-electron chi connectivity index (χ1n) is 10.3. The van der Waals surface area contributed by atoms with Crippen LogP contribution in [0.4, 0.5) is 11.4 Å². The minimum atomic E-state index is -4.17. The van der Waals surface area contributed by atoms with Crippen molar-refractivity contribution in [1.29, 1.82) is 0 Å². The lowest BCUT2D eigenvalue weighted by Crippen LogP contribution is -2.39. The van der Waals surface area contributed by atoms with Crippen LogP contribution in [-0.4, -0.2) is 43.7 Å². The molecule has 3 aromatic carbocycles. The molecule has 0 aliphatic rings. The fourth-order valence-corrected chi connectivity index (χ4v) is 4.44. The number of phenolic OH excluding ortho intramolecular Hbond substituents is 1. The average molecular weight is 499 g/mol. The molecule has 0 aliphatic heterocycles. The Morgan fingerprint density at radius 1 is 1.14 bits per heavy atom. The van der Waals surface area contributed by atoms with E-state index in [1.165, 1.54) is 42.6 Å². The number of rotatable bonds is 10. The number of hydrogen-bond donors (Lipinski definition) is 2. The second-order valence-corrected chi connectivity index (χ2v) is 8.91. The molecule has 182 valence electrons. The fraction of sp³-hybridized carbons (Fsp3) is 0.130. The second-order valence-electron chi connectivity index (χ2n) is 7.05. The number of hydrazone groups is 1. The minimum absolute atomic E-state index is 0.0436. The first-order valence-corrected chi connectivity index (χ1v) is 11.8. The number of sulfonamides is 1. The number of aromatic hydroxyl groups is 1. The van der Waals surface area contributed by atoms with E-state index in [9.17, 15) is 28.4 Å². The molecule has 12 heteroatoms. The summed E-state index contributed by atoms with van der Waals surface area (Å²) >= 11 is 0. The number of ether oxygens (including phenoxy) is 1. The lowest BCUT2D eigenvalue weighted by Gasteiger charge is -2.23. The van der Waals surface area contributed by atoms with E-state index < -0.39 is 27.4 Å². The third-order valence-corrected chi connectivity index (χ3v) is 6.44. The van der Waals surface area contributed by atoms with Crippen LogP contribution in [0.25, 0.3) is 0 Å². The van der Waals surface area contributed by atoms with Crippen LogP contribution in [0, 0.1) is 10.1 Å². The lowest BCUT2D eigenvalue weighted by atomic mass is 10.2. The average Bonchev–Trinajstić information content (AvgIpc) is 2.85. The third kappa shape index (κ3) is 6.32. The molecule has 3 aromatic rings. The number of benzene rings is 3. The molecular formula is C23H22N4O7S. The fourth-order valence-electron chi connectivity index (χ4n) is 3.00. The predicted octanol–water partition coefficient (Wildman–Crippen LogP) is 3.04. The minimum Gasteiger partial charge on any atom is -0.504 e. The van der Waals surface area contributed by atoms with Gasteiger partial charge in [0, 0.05) is 12.1 Å². The third-order valence-electron chi connectivity index (χ3n) is 4.65. The number of non-ortho nitro benzene ring substituents is 1. The predicted molar refractivity (Wildman–Crippen MR) is 129 cm³/mol. The molecule has 0 fully saturated rings. The summed E-state index contributed by atoms with van der Waals surface area (Å²) < 4.78 is 32.6. The number of nitro benzene ring substituents is 1. The summed E-state index contributed by atoms with van der Waals surface area (Å²) in [4.78, 5) is 22.9. The van der Waals surface area contributed by atoms with Crippen LogP contribution in [0.15, 0.2) is 82.8 Å². The van der Waals surface area contributed by atoms with Gasteiger partial charge >= 0.3 is 0 Å². The number of phenols is 1. The van der Waals surface area contributed by atoms with E-state index in [4.69, 9.17) is 4.74 Å². The summed E-state index contributed by atoms with van der Waals surface area (Å²) in [6.07, 6.45) is 1.31. The van der Waals surface area contributed by atoms with Crippen LogP contribution < -0.4 is 14.5 Å². The van der Waals surface area contributed by atoms with Crippen molar-refractivity contribution < 1.29 is 28.0 Å². The molecule has 3 rings (SSSR count). The van der Waals surface area contributed by atoms with Crippen LogP contribution in [0.1, 0.15) is 12.5 Å². The number of nitrogens with one attached hydrogen (secondary N) is 1. The van der Waals surface area contributed by atoms with E-state index in [0.717, 1.165) is 16.4 Å². The zero-order valence-corrected chi connectivity index (χ0v) is 19.4. The Morgan fingerprint density at radius 3 is 2.46 bits per heavy atom. The van der Waals surface area contributed by atoms with Gasteiger partial charge in [0.15, 0.2) is 11.5 Å². The first-order chi connectivity index (χ1) is 16.7. The SMILES string of the molecule is CCOc1cc(/C=N\NC(=O)CN(c2ccc([N+](=O)[O-])cc2)S(=O)(=O)c2ccccc2)ccc1O. The van der Waals surface area contributed by atoms with Crippen LogP contribution in [-0.2, 0) is 14.8 Å². The summed E-state index contributed by atoms with van der Waals surface area (Å²) in [5, 5.41) is 24.6. The summed E-state index contributed by atoms with van der Waals surface area (Å²) in [5.41, 5.74) is 2.63. The van der Waals surface area contributed by atoms with Crippen molar-refractivity contribution in [1.82, 2.24) is 5.43 Å². The van der Waals surface area contributed by atoms with Gasteiger partial charge in [0.2, 0.25) is 0 Å². The van der Waals surface area contributed by atoms with Crippen LogP contribution >= 0.6 is 0 Å². The molecule has 0 saturated carbocycles. The molecule has 0 heterocycles. The van der Waals surface area contributed by atoms with E-state index in [1.54, 1.807) is 31.2 Å². The highest BCUT2D eigenvalue weighted by Crippen LogP contribution is 2.27. The number of carbonyl (C=O) groups is 1. The van der Waals surface area contributed by atoms with Crippen molar-refractivity contribution >= 4 is 33.5 Å². The number of amides is 1. The largest absolute Gasteiger partial charge is 0.504 e. The number of carbonyl (C=O) groups excluding carboxylic acids is 1. The van der Waals surface area contributed by atoms with Gasteiger partial charge in [-0.2, -0.15) is 5.10 Å². The van der Waals surface area contributed by atoms with E-state index >= 15 is 0 Å². The van der Waals surface area contributed by atoms with E-state index in [0.29, 0.717) is 12.2 Å². The number of nitrogens with zero attached hydrogens (tertiary/aromatic N) is 3. The Kier molecular flexibility index (Phi) is 8.00. The molecular weight excluding hydrogens is 476 g/mol. The molecule has 2 N–H and O–H groups in total. The zero-order chi connectivity index (χ0) is 25.4. The van der Waals surface area contributed by atoms with Gasteiger partial charge in [0.1, 0.15) is 6.54 Å². The van der Waals surface area contributed by atoms with Crippen LogP contribution in [0.3, 0.4) is 0 Å². The molecule has 11 nitrogen and oxygen atoms in total. The monoisotopic (exact) mass is 498 g/mol. The van der Waals surface area contributed by atoms with E-state index in [-0.39, 0.29) is 27.8 Å². The molecule has 0 spiro atoms. The molecule has 1 amide bonds. The van der Waals surface area contributed by atoms with Gasteiger partial charge in [-0.1, -0.05) is 18.2 Å². The molecule has 0 atom stereocenters. The van der Waals surface area contributed by atoms with Gasteiger partial charge in [-0.3, -0.25) is 19.2 Å². The summed E-state index contributed by atoms with van der Waals surface area (Å²) in [5.74, 6) is -0.540. The molecule has 0 saturated heterocycles. The highest BCUT2D eigenvalue weighted by molar-refractivity contribution is 7.92. The molecule has 35 heavy (non-hydrogen) atoms. The van der Waals surface area contributed by atoms with Gasteiger partial charge in [-0.05, 0) is 55.0 Å². The summed E-state index contributed by atoms with van der Waals surface area (Å²) in [6.45, 7) is 1.48. The lowest BCUT2D eigenvalue weighted by molar-refractivity contribution is -0.384. The molecule has 0 bridgehead atoms. The highest BCUT2D eigenvalue weighted by atomic mass is 32.2. The number of hydrogen-bond acceptors (Lipinski definition) is 8. The zero-order valence-electron chi connectivity index (χ0n) is 18.6. The van der Waals surface area contributed by atoms with Crippen LogP contribution in [0.5, 0.6) is 11.5 Å². The second kappa shape index (κ2) is 11.1. The van der Waals surface area contributed by atoms with Gasteiger partial charge in [0.05, 0.1) is 28.3 Å². The van der Waals surface area contributed by atoms with Crippen molar-refractivity contribution in [2.45, 2.75) is 11.8 Å². The van der Waals surface area contributed by atoms with E-state index in [1.807, 2.05) is 0 Å². The van der Waals surface area contributed by atoms with Crippen molar-refractivity contribution in [3.05, 3.63) is 88.5 Å². The highest BCUT2D eigenvalue weighted by Gasteiger charge is 2.27. The van der Waals surface area contributed by atoms with Crippen molar-refractivity contribution in [2.75, 3.05) is 17.5 Å². The van der Waals surface area contributed by atoms with Crippen molar-refractivity contribution in [2.24, 2.45) is 5.10 Å². The Morgan fingerprint density at radius 2 is 1.83 bits per heavy atom. The maximum atomic E-state index is 13.2. The molecule has 0 aliphatic carbocycles. The summed E-state index contributed by atoms with van der Waals surface area (Å²) in [6, 6.07) is 16.8.